The van der Waals surface area contributed by atoms with Crippen LogP contribution in [-0.4, -0.2) is 60.6 Å². The van der Waals surface area contributed by atoms with Gasteiger partial charge in [0, 0.05) is 32.7 Å². The molecule has 0 saturated carbocycles. The van der Waals surface area contributed by atoms with Gasteiger partial charge in [0.25, 0.3) is 0 Å². The van der Waals surface area contributed by atoms with Crippen LogP contribution in [-0.2, 0) is 4.79 Å². The maximum Gasteiger partial charge on any atom is 0.222 e. The zero-order chi connectivity index (χ0) is 12.0. The summed E-state index contributed by atoms with van der Waals surface area (Å²) in [5, 5.41) is 8.67. The normalized spacial score (nSPS) is 22.1. The van der Waals surface area contributed by atoms with Crippen molar-refractivity contribution < 1.29 is 9.90 Å². The van der Waals surface area contributed by atoms with Crippen molar-refractivity contribution in [3.63, 3.8) is 0 Å². The van der Waals surface area contributed by atoms with Crippen LogP contribution in [0.5, 0.6) is 0 Å². The summed E-state index contributed by atoms with van der Waals surface area (Å²) in [6.07, 6.45) is 4.38. The Morgan fingerprint density at radius 2 is 2.25 bits per heavy atom. The molecule has 0 aromatic rings. The Kier molecular flexibility index (Phi) is 5.77. The van der Waals surface area contributed by atoms with Gasteiger partial charge in [-0.1, -0.05) is 0 Å². The van der Waals surface area contributed by atoms with Crippen LogP contribution in [0.1, 0.15) is 32.1 Å². The Balaban J connectivity index is 2.31. The summed E-state index contributed by atoms with van der Waals surface area (Å²) >= 11 is 0. The van der Waals surface area contributed by atoms with E-state index in [1.165, 1.54) is 6.42 Å². The lowest BCUT2D eigenvalue weighted by Crippen LogP contribution is -2.47. The monoisotopic (exact) mass is 228 g/mol. The Labute approximate surface area is 98.2 Å². The number of likely N-dealkylation sites (N-methyl/N-ethyl adjacent to an activating group) is 2. The van der Waals surface area contributed by atoms with Crippen molar-refractivity contribution in [2.24, 2.45) is 0 Å². The van der Waals surface area contributed by atoms with E-state index in [4.69, 9.17) is 5.11 Å². The molecule has 1 unspecified atom stereocenters. The molecule has 1 rings (SSSR count). The number of aliphatic hydroxyl groups excluding tert-OH is 1. The lowest BCUT2D eigenvalue weighted by molar-refractivity contribution is -0.133. The number of carbonyl (C=O) groups is 1. The summed E-state index contributed by atoms with van der Waals surface area (Å²) < 4.78 is 0. The van der Waals surface area contributed by atoms with Crippen LogP contribution in [0, 0.1) is 0 Å². The largest absolute Gasteiger partial charge is 0.396 e. The number of piperidine rings is 1. The van der Waals surface area contributed by atoms with Gasteiger partial charge in [-0.2, -0.15) is 0 Å². The van der Waals surface area contributed by atoms with Crippen LogP contribution in [0.25, 0.3) is 0 Å². The average Bonchev–Trinajstić information content (AvgIpc) is 2.28. The van der Waals surface area contributed by atoms with Crippen molar-refractivity contribution in [3.05, 3.63) is 0 Å². The molecule has 0 radical (unpaired) electrons. The highest BCUT2D eigenvalue weighted by Gasteiger charge is 2.23. The van der Waals surface area contributed by atoms with E-state index in [1.54, 1.807) is 0 Å². The van der Waals surface area contributed by atoms with E-state index < -0.39 is 0 Å². The number of amides is 1. The molecule has 1 fully saturated rings. The number of unbranched alkanes of at least 4 members (excludes halogenated alkanes) is 1. The van der Waals surface area contributed by atoms with Crippen molar-refractivity contribution in [2.45, 2.75) is 38.1 Å². The van der Waals surface area contributed by atoms with Gasteiger partial charge in [0.1, 0.15) is 0 Å². The minimum atomic E-state index is 0.184. The smallest absolute Gasteiger partial charge is 0.222 e. The summed E-state index contributed by atoms with van der Waals surface area (Å²) in [6.45, 7) is 2.31. The molecule has 1 saturated heterocycles. The van der Waals surface area contributed by atoms with Crippen molar-refractivity contribution in [1.29, 1.82) is 0 Å². The fourth-order valence-electron chi connectivity index (χ4n) is 2.22. The standard InChI is InChI=1S/C12H24N2O2/c1-13-8-5-6-11(10-13)14(2)12(16)7-3-4-9-15/h11,15H,3-10H2,1-2H3. The quantitative estimate of drug-likeness (QED) is 0.705. The van der Waals surface area contributed by atoms with E-state index in [9.17, 15) is 4.79 Å². The SMILES string of the molecule is CN1CCCC(N(C)C(=O)CCCCO)C1. The van der Waals surface area contributed by atoms with Crippen LogP contribution in [0.4, 0.5) is 0 Å². The first-order valence-electron chi connectivity index (χ1n) is 6.20. The summed E-state index contributed by atoms with van der Waals surface area (Å²) in [7, 11) is 4.02. The molecular weight excluding hydrogens is 204 g/mol. The molecular formula is C12H24N2O2. The van der Waals surface area contributed by atoms with Crippen molar-refractivity contribution in [2.75, 3.05) is 33.8 Å². The Morgan fingerprint density at radius 1 is 1.50 bits per heavy atom. The molecule has 4 nitrogen and oxygen atoms in total. The second-order valence-corrected chi connectivity index (χ2v) is 4.74. The Bertz CT molecular complexity index is 221. The van der Waals surface area contributed by atoms with Crippen LogP contribution < -0.4 is 0 Å². The molecule has 0 spiro atoms. The molecule has 94 valence electrons. The number of rotatable bonds is 5. The van der Waals surface area contributed by atoms with Crippen LogP contribution in [0.3, 0.4) is 0 Å². The van der Waals surface area contributed by atoms with Gasteiger partial charge < -0.3 is 14.9 Å². The molecule has 16 heavy (non-hydrogen) atoms. The molecule has 0 aliphatic carbocycles. The maximum atomic E-state index is 11.8. The minimum Gasteiger partial charge on any atom is -0.396 e. The predicted octanol–water partition coefficient (Wildman–Crippen LogP) is 0.702. The topological polar surface area (TPSA) is 43.8 Å². The van der Waals surface area contributed by atoms with Crippen molar-refractivity contribution in [1.82, 2.24) is 9.80 Å². The summed E-state index contributed by atoms with van der Waals surface area (Å²) in [5.41, 5.74) is 0. The molecule has 4 heteroatoms. The average molecular weight is 228 g/mol. The number of likely N-dealkylation sites (tertiary alicyclic amines) is 1. The predicted molar refractivity (Wildman–Crippen MR) is 64.2 cm³/mol. The fraction of sp³-hybridized carbons (Fsp3) is 0.917. The van der Waals surface area contributed by atoms with Crippen molar-refractivity contribution in [3.8, 4) is 0 Å². The number of nitrogens with zero attached hydrogens (tertiary/aromatic N) is 2. The molecule has 1 aliphatic heterocycles. The molecule has 1 N–H and O–H groups in total. The summed E-state index contributed by atoms with van der Waals surface area (Å²) in [5.74, 6) is 0.216. The second-order valence-electron chi connectivity index (χ2n) is 4.74. The maximum absolute atomic E-state index is 11.8. The lowest BCUT2D eigenvalue weighted by atomic mass is 10.0. The van der Waals surface area contributed by atoms with E-state index in [2.05, 4.69) is 11.9 Å². The first-order valence-corrected chi connectivity index (χ1v) is 6.20. The van der Waals surface area contributed by atoms with Gasteiger partial charge in [0.15, 0.2) is 0 Å². The van der Waals surface area contributed by atoms with Crippen LogP contribution >= 0.6 is 0 Å². The highest BCUT2D eigenvalue weighted by Crippen LogP contribution is 2.14. The first kappa shape index (κ1) is 13.5. The fourth-order valence-corrected chi connectivity index (χ4v) is 2.22. The summed E-state index contributed by atoms with van der Waals surface area (Å²) in [6, 6.07) is 0.375. The number of aliphatic hydroxyl groups is 1. The van der Waals surface area contributed by atoms with E-state index in [1.807, 2.05) is 11.9 Å². The summed E-state index contributed by atoms with van der Waals surface area (Å²) in [4.78, 5) is 16.0. The van der Waals surface area contributed by atoms with Gasteiger partial charge in [-0.15, -0.1) is 0 Å². The molecule has 0 bridgehead atoms. The van der Waals surface area contributed by atoms with E-state index >= 15 is 0 Å². The van der Waals surface area contributed by atoms with Gasteiger partial charge in [-0.05, 0) is 39.3 Å². The van der Waals surface area contributed by atoms with E-state index in [-0.39, 0.29) is 12.5 Å². The number of hydrogen-bond acceptors (Lipinski definition) is 3. The highest BCUT2D eigenvalue weighted by molar-refractivity contribution is 5.76. The van der Waals surface area contributed by atoms with E-state index in [0.717, 1.165) is 32.4 Å². The zero-order valence-electron chi connectivity index (χ0n) is 10.5. The van der Waals surface area contributed by atoms with E-state index in [0.29, 0.717) is 12.5 Å². The number of carbonyl (C=O) groups excluding carboxylic acids is 1. The van der Waals surface area contributed by atoms with Gasteiger partial charge in [-0.25, -0.2) is 0 Å². The molecule has 1 atom stereocenters. The van der Waals surface area contributed by atoms with Crippen molar-refractivity contribution >= 4 is 5.91 Å². The van der Waals surface area contributed by atoms with Crippen LogP contribution in [0.15, 0.2) is 0 Å². The van der Waals surface area contributed by atoms with Gasteiger partial charge in [0.2, 0.25) is 5.91 Å². The molecule has 1 heterocycles. The molecule has 1 amide bonds. The third-order valence-electron chi connectivity index (χ3n) is 3.34. The second kappa shape index (κ2) is 6.86. The minimum absolute atomic E-state index is 0.184. The lowest BCUT2D eigenvalue weighted by Gasteiger charge is -2.35. The first-order chi connectivity index (χ1) is 7.65. The molecule has 0 aromatic carbocycles. The Morgan fingerprint density at radius 3 is 2.88 bits per heavy atom. The zero-order valence-corrected chi connectivity index (χ0v) is 10.5. The van der Waals surface area contributed by atoms with Gasteiger partial charge in [-0.3, -0.25) is 4.79 Å². The van der Waals surface area contributed by atoms with Crippen LogP contribution in [0.2, 0.25) is 0 Å². The van der Waals surface area contributed by atoms with Gasteiger partial charge >= 0.3 is 0 Å². The van der Waals surface area contributed by atoms with Gasteiger partial charge in [0.05, 0.1) is 0 Å². The molecule has 1 aliphatic rings. The number of hydrogen-bond donors (Lipinski definition) is 1. The third-order valence-corrected chi connectivity index (χ3v) is 3.34. The third kappa shape index (κ3) is 4.10. The Hall–Kier alpha value is -0.610. The molecule has 0 aromatic heterocycles. The highest BCUT2D eigenvalue weighted by atomic mass is 16.3.